The van der Waals surface area contributed by atoms with Gasteiger partial charge in [-0.05, 0) is 23.6 Å². The van der Waals surface area contributed by atoms with E-state index in [0.717, 1.165) is 4.88 Å². The van der Waals surface area contributed by atoms with E-state index in [2.05, 4.69) is 15.5 Å². The van der Waals surface area contributed by atoms with Crippen molar-refractivity contribution in [2.45, 2.75) is 12.7 Å². The largest absolute Gasteiger partial charge is 0.482 e. The number of thiophene rings is 1. The van der Waals surface area contributed by atoms with Gasteiger partial charge in [-0.25, -0.2) is 0 Å². The molecule has 1 aromatic carbocycles. The highest BCUT2D eigenvalue weighted by atomic mass is 32.1. The predicted octanol–water partition coefficient (Wildman–Crippen LogP) is 4.35. The predicted molar refractivity (Wildman–Crippen MR) is 82.9 cm³/mol. The molecule has 0 fully saturated rings. The molecule has 0 bridgehead atoms. The molecule has 126 valence electrons. The molecule has 1 N–H and O–H groups in total. The van der Waals surface area contributed by atoms with Crippen LogP contribution in [-0.4, -0.2) is 22.9 Å². The summed E-state index contributed by atoms with van der Waals surface area (Å²) in [6, 6.07) is 10.1. The van der Waals surface area contributed by atoms with E-state index in [9.17, 15) is 13.2 Å². The Kier molecular flexibility index (Phi) is 4.70. The minimum atomic E-state index is -4.39. The van der Waals surface area contributed by atoms with E-state index in [1.807, 2.05) is 17.5 Å². The summed E-state index contributed by atoms with van der Waals surface area (Å²) in [6.45, 7) is -1.18. The van der Waals surface area contributed by atoms with Crippen LogP contribution in [0, 0.1) is 0 Å². The molecule has 0 saturated heterocycles. The van der Waals surface area contributed by atoms with E-state index >= 15 is 0 Å². The van der Waals surface area contributed by atoms with Crippen LogP contribution in [0.1, 0.15) is 5.89 Å². The Morgan fingerprint density at radius 2 is 2.00 bits per heavy atom. The molecular weight excluding hydrogens is 343 g/mol. The molecule has 0 saturated carbocycles. The highest BCUT2D eigenvalue weighted by Crippen LogP contribution is 2.27. The van der Waals surface area contributed by atoms with Crippen LogP contribution in [0.15, 0.2) is 46.3 Å². The minimum Gasteiger partial charge on any atom is -0.482 e. The third-order valence-electron chi connectivity index (χ3n) is 2.92. The normalized spacial score (nSPS) is 11.5. The maximum Gasteiger partial charge on any atom is 0.422 e. The van der Waals surface area contributed by atoms with Crippen LogP contribution in [-0.2, 0) is 6.54 Å². The lowest BCUT2D eigenvalue weighted by atomic mass is 10.3. The molecule has 0 spiro atoms. The molecule has 3 aromatic rings. The molecule has 9 heteroatoms. The van der Waals surface area contributed by atoms with Gasteiger partial charge in [-0.1, -0.05) is 23.4 Å². The minimum absolute atomic E-state index is 0.104. The van der Waals surface area contributed by atoms with Crippen LogP contribution in [0.4, 0.5) is 18.9 Å². The highest BCUT2D eigenvalue weighted by Gasteiger charge is 2.28. The van der Waals surface area contributed by atoms with E-state index in [0.29, 0.717) is 17.4 Å². The van der Waals surface area contributed by atoms with Crippen molar-refractivity contribution in [1.82, 2.24) is 10.1 Å². The Balaban J connectivity index is 1.64. The lowest BCUT2D eigenvalue weighted by molar-refractivity contribution is -0.153. The summed E-state index contributed by atoms with van der Waals surface area (Å²) in [4.78, 5) is 5.11. The third-order valence-corrected chi connectivity index (χ3v) is 3.78. The van der Waals surface area contributed by atoms with Crippen LogP contribution < -0.4 is 10.1 Å². The molecule has 0 unspecified atom stereocenters. The van der Waals surface area contributed by atoms with Crippen molar-refractivity contribution in [2.24, 2.45) is 0 Å². The second kappa shape index (κ2) is 6.91. The van der Waals surface area contributed by atoms with Crippen molar-refractivity contribution in [2.75, 3.05) is 11.9 Å². The van der Waals surface area contributed by atoms with E-state index < -0.39 is 12.8 Å². The zero-order valence-electron chi connectivity index (χ0n) is 12.2. The highest BCUT2D eigenvalue weighted by molar-refractivity contribution is 7.13. The van der Waals surface area contributed by atoms with Crippen molar-refractivity contribution >= 4 is 17.0 Å². The van der Waals surface area contributed by atoms with Gasteiger partial charge in [-0.15, -0.1) is 11.3 Å². The molecule has 0 amide bonds. The first-order chi connectivity index (χ1) is 11.5. The number of nitrogens with one attached hydrogen (secondary N) is 1. The Hall–Kier alpha value is -2.55. The van der Waals surface area contributed by atoms with Crippen molar-refractivity contribution < 1.29 is 22.4 Å². The lowest BCUT2D eigenvalue weighted by Gasteiger charge is -2.13. The van der Waals surface area contributed by atoms with Crippen LogP contribution >= 0.6 is 11.3 Å². The van der Waals surface area contributed by atoms with Gasteiger partial charge in [0.15, 0.2) is 6.61 Å². The molecule has 5 nitrogen and oxygen atoms in total. The Bertz CT molecular complexity index is 787. The summed E-state index contributed by atoms with van der Waals surface area (Å²) in [5.41, 5.74) is 0.414. The molecule has 0 aliphatic heterocycles. The van der Waals surface area contributed by atoms with Gasteiger partial charge in [0.25, 0.3) is 0 Å². The standard InChI is InChI=1S/C15H12F3N3O2S/c16-15(17,18)9-22-11-5-2-1-4-10(11)19-8-13-20-14(21-23-13)12-6-3-7-24-12/h1-7,19H,8-9H2. The second-order valence-corrected chi connectivity index (χ2v) is 5.69. The maximum absolute atomic E-state index is 12.3. The fraction of sp³-hybridized carbons (Fsp3) is 0.200. The van der Waals surface area contributed by atoms with Gasteiger partial charge >= 0.3 is 6.18 Å². The number of rotatable bonds is 6. The number of aromatic nitrogens is 2. The van der Waals surface area contributed by atoms with Gasteiger partial charge in [0, 0.05) is 0 Å². The number of nitrogens with zero attached hydrogens (tertiary/aromatic N) is 2. The number of para-hydroxylation sites is 2. The van der Waals surface area contributed by atoms with Gasteiger partial charge in [-0.3, -0.25) is 0 Å². The van der Waals surface area contributed by atoms with Crippen molar-refractivity contribution in [1.29, 1.82) is 0 Å². The first kappa shape index (κ1) is 16.3. The van der Waals surface area contributed by atoms with Gasteiger partial charge in [0.05, 0.1) is 17.1 Å². The van der Waals surface area contributed by atoms with Gasteiger partial charge < -0.3 is 14.6 Å². The van der Waals surface area contributed by atoms with Gasteiger partial charge in [0.2, 0.25) is 11.7 Å². The molecule has 2 aromatic heterocycles. The summed E-state index contributed by atoms with van der Waals surface area (Å²) in [6.07, 6.45) is -4.39. The zero-order chi connectivity index (χ0) is 17.0. The van der Waals surface area contributed by atoms with Crippen LogP contribution in [0.5, 0.6) is 5.75 Å². The molecule has 0 aliphatic carbocycles. The SMILES string of the molecule is FC(F)(F)COc1ccccc1NCc1nc(-c2cccs2)no1. The molecule has 0 atom stereocenters. The summed E-state index contributed by atoms with van der Waals surface area (Å²) in [5.74, 6) is 0.903. The monoisotopic (exact) mass is 355 g/mol. The molecule has 0 radical (unpaired) electrons. The zero-order valence-corrected chi connectivity index (χ0v) is 13.0. The fourth-order valence-corrected chi connectivity index (χ4v) is 2.55. The molecular formula is C15H12F3N3O2S. The molecule has 2 heterocycles. The summed E-state index contributed by atoms with van der Waals surface area (Å²) in [5, 5.41) is 8.71. The Morgan fingerprint density at radius 3 is 2.75 bits per heavy atom. The number of ether oxygens (including phenoxy) is 1. The first-order valence-corrected chi connectivity index (χ1v) is 7.78. The smallest absolute Gasteiger partial charge is 0.422 e. The van der Waals surface area contributed by atoms with Gasteiger partial charge in [-0.2, -0.15) is 18.2 Å². The average Bonchev–Trinajstić information content (AvgIpc) is 3.22. The fourth-order valence-electron chi connectivity index (χ4n) is 1.90. The van der Waals surface area contributed by atoms with Crippen LogP contribution in [0.25, 0.3) is 10.7 Å². The molecule has 0 aliphatic rings. The van der Waals surface area contributed by atoms with E-state index in [1.165, 1.54) is 17.4 Å². The lowest BCUT2D eigenvalue weighted by Crippen LogP contribution is -2.19. The first-order valence-electron chi connectivity index (χ1n) is 6.90. The van der Waals surface area contributed by atoms with E-state index in [-0.39, 0.29) is 12.3 Å². The van der Waals surface area contributed by atoms with E-state index in [1.54, 1.807) is 18.2 Å². The Morgan fingerprint density at radius 1 is 1.17 bits per heavy atom. The summed E-state index contributed by atoms with van der Waals surface area (Å²) < 4.78 is 46.8. The average molecular weight is 355 g/mol. The molecule has 3 rings (SSSR count). The van der Waals surface area contributed by atoms with Gasteiger partial charge in [0.1, 0.15) is 5.75 Å². The van der Waals surface area contributed by atoms with Crippen molar-refractivity contribution in [3.05, 3.63) is 47.7 Å². The van der Waals surface area contributed by atoms with Crippen molar-refractivity contribution in [3.63, 3.8) is 0 Å². The second-order valence-electron chi connectivity index (χ2n) is 4.74. The number of halogens is 3. The van der Waals surface area contributed by atoms with E-state index in [4.69, 9.17) is 9.26 Å². The van der Waals surface area contributed by atoms with Crippen molar-refractivity contribution in [3.8, 4) is 16.5 Å². The number of alkyl halides is 3. The quantitative estimate of drug-likeness (QED) is 0.712. The molecule has 24 heavy (non-hydrogen) atoms. The maximum atomic E-state index is 12.3. The number of anilines is 1. The third kappa shape index (κ3) is 4.25. The number of hydrogen-bond acceptors (Lipinski definition) is 6. The Labute approximate surface area is 139 Å². The summed E-state index contributed by atoms with van der Waals surface area (Å²) in [7, 11) is 0. The number of benzene rings is 1. The summed E-state index contributed by atoms with van der Waals surface area (Å²) >= 11 is 1.48. The topological polar surface area (TPSA) is 60.2 Å². The number of hydrogen-bond donors (Lipinski definition) is 1. The van der Waals surface area contributed by atoms with Crippen LogP contribution in [0.3, 0.4) is 0 Å². The van der Waals surface area contributed by atoms with Crippen LogP contribution in [0.2, 0.25) is 0 Å².